The van der Waals surface area contributed by atoms with Crippen molar-refractivity contribution in [2.75, 3.05) is 39.5 Å². The molecule has 2 atom stereocenters. The standard InChI is InChI=1S/C16H30N2O3/c1-13(2)10-18-7-3-5-14(18)9-17-16(19)12-20-11-15-6-4-8-21-15/h13-15H,3-12H2,1-2H3,(H,17,19)/t14-,15+/m1/s1. The Balaban J connectivity index is 1.57. The van der Waals surface area contributed by atoms with Gasteiger partial charge in [-0.05, 0) is 38.1 Å². The molecule has 1 amide bonds. The second-order valence-corrected chi connectivity index (χ2v) is 6.64. The SMILES string of the molecule is CC(C)CN1CCC[C@@H]1CNC(=O)COC[C@@H]1CCCO1. The maximum Gasteiger partial charge on any atom is 0.246 e. The van der Waals surface area contributed by atoms with Crippen molar-refractivity contribution in [2.24, 2.45) is 5.92 Å². The Bertz CT molecular complexity index is 317. The van der Waals surface area contributed by atoms with E-state index in [4.69, 9.17) is 9.47 Å². The summed E-state index contributed by atoms with van der Waals surface area (Å²) >= 11 is 0. The summed E-state index contributed by atoms with van der Waals surface area (Å²) in [4.78, 5) is 14.3. The highest BCUT2D eigenvalue weighted by atomic mass is 16.5. The molecular formula is C16H30N2O3. The minimum absolute atomic E-state index is 0.00982. The van der Waals surface area contributed by atoms with E-state index in [2.05, 4.69) is 24.1 Å². The molecule has 2 saturated heterocycles. The summed E-state index contributed by atoms with van der Waals surface area (Å²) in [5.74, 6) is 0.667. The Morgan fingerprint density at radius 1 is 1.38 bits per heavy atom. The quantitative estimate of drug-likeness (QED) is 0.736. The van der Waals surface area contributed by atoms with E-state index in [0.717, 1.165) is 39.1 Å². The minimum Gasteiger partial charge on any atom is -0.376 e. The molecule has 2 fully saturated rings. The lowest BCUT2D eigenvalue weighted by atomic mass is 10.1. The van der Waals surface area contributed by atoms with Gasteiger partial charge in [-0.1, -0.05) is 13.8 Å². The Morgan fingerprint density at radius 3 is 2.95 bits per heavy atom. The van der Waals surface area contributed by atoms with Crippen molar-refractivity contribution in [3.05, 3.63) is 0 Å². The van der Waals surface area contributed by atoms with Crippen LogP contribution in [0.25, 0.3) is 0 Å². The first-order valence-electron chi connectivity index (χ1n) is 8.35. The largest absolute Gasteiger partial charge is 0.376 e. The number of rotatable bonds is 8. The number of likely N-dealkylation sites (tertiary alicyclic amines) is 1. The van der Waals surface area contributed by atoms with Gasteiger partial charge in [-0.2, -0.15) is 0 Å². The molecule has 21 heavy (non-hydrogen) atoms. The van der Waals surface area contributed by atoms with Crippen molar-refractivity contribution in [3.8, 4) is 0 Å². The van der Waals surface area contributed by atoms with Crippen molar-refractivity contribution >= 4 is 5.91 Å². The maximum absolute atomic E-state index is 11.8. The number of carbonyl (C=O) groups is 1. The zero-order valence-electron chi connectivity index (χ0n) is 13.5. The summed E-state index contributed by atoms with van der Waals surface area (Å²) < 4.78 is 10.9. The van der Waals surface area contributed by atoms with Crippen LogP contribution >= 0.6 is 0 Å². The van der Waals surface area contributed by atoms with Crippen LogP contribution in [0.1, 0.15) is 39.5 Å². The number of ether oxygens (including phenoxy) is 2. The first-order chi connectivity index (χ1) is 10.1. The molecule has 0 bridgehead atoms. The van der Waals surface area contributed by atoms with E-state index >= 15 is 0 Å². The normalized spacial score (nSPS) is 26.6. The van der Waals surface area contributed by atoms with Crippen LogP contribution in [0.5, 0.6) is 0 Å². The Labute approximate surface area is 128 Å². The van der Waals surface area contributed by atoms with Gasteiger partial charge in [0.15, 0.2) is 0 Å². The predicted molar refractivity (Wildman–Crippen MR) is 82.2 cm³/mol. The van der Waals surface area contributed by atoms with E-state index in [9.17, 15) is 4.79 Å². The molecule has 2 aliphatic heterocycles. The molecule has 0 radical (unpaired) electrons. The second-order valence-electron chi connectivity index (χ2n) is 6.64. The van der Waals surface area contributed by atoms with Gasteiger partial charge in [0.1, 0.15) is 6.61 Å². The van der Waals surface area contributed by atoms with Gasteiger partial charge in [-0.25, -0.2) is 0 Å². The van der Waals surface area contributed by atoms with E-state index in [1.807, 2.05) is 0 Å². The number of hydrogen-bond acceptors (Lipinski definition) is 4. The molecule has 2 heterocycles. The minimum atomic E-state index is -0.00982. The van der Waals surface area contributed by atoms with Crippen molar-refractivity contribution in [2.45, 2.75) is 51.7 Å². The zero-order chi connectivity index (χ0) is 15.1. The molecule has 0 aromatic carbocycles. The average Bonchev–Trinajstić information content (AvgIpc) is 3.07. The van der Waals surface area contributed by atoms with Crippen LogP contribution in [0, 0.1) is 5.92 Å². The average molecular weight is 298 g/mol. The summed E-state index contributed by atoms with van der Waals surface area (Å²) in [6, 6.07) is 0.495. The van der Waals surface area contributed by atoms with Gasteiger partial charge in [0.2, 0.25) is 5.91 Å². The van der Waals surface area contributed by atoms with Crippen molar-refractivity contribution in [1.82, 2.24) is 10.2 Å². The molecule has 2 rings (SSSR count). The van der Waals surface area contributed by atoms with Crippen molar-refractivity contribution in [1.29, 1.82) is 0 Å². The van der Waals surface area contributed by atoms with Gasteiger partial charge in [-0.3, -0.25) is 9.69 Å². The summed E-state index contributed by atoms with van der Waals surface area (Å²) in [6.07, 6.45) is 4.77. The van der Waals surface area contributed by atoms with Crippen LogP contribution in [-0.4, -0.2) is 62.4 Å². The third-order valence-electron chi connectivity index (χ3n) is 4.19. The third-order valence-corrected chi connectivity index (χ3v) is 4.19. The van der Waals surface area contributed by atoms with Crippen molar-refractivity contribution in [3.63, 3.8) is 0 Å². The lowest BCUT2D eigenvalue weighted by molar-refractivity contribution is -0.127. The fraction of sp³-hybridized carbons (Fsp3) is 0.938. The smallest absolute Gasteiger partial charge is 0.246 e. The van der Waals surface area contributed by atoms with Gasteiger partial charge >= 0.3 is 0 Å². The highest BCUT2D eigenvalue weighted by Gasteiger charge is 2.25. The Kier molecular flexibility index (Phi) is 6.93. The number of amides is 1. The van der Waals surface area contributed by atoms with Gasteiger partial charge in [0.25, 0.3) is 0 Å². The van der Waals surface area contributed by atoms with Gasteiger partial charge in [-0.15, -0.1) is 0 Å². The number of hydrogen-bond donors (Lipinski definition) is 1. The molecule has 2 aliphatic rings. The van der Waals surface area contributed by atoms with Crippen molar-refractivity contribution < 1.29 is 14.3 Å². The lowest BCUT2D eigenvalue weighted by Gasteiger charge is -2.26. The molecule has 0 unspecified atom stereocenters. The fourth-order valence-electron chi connectivity index (χ4n) is 3.18. The van der Waals surface area contributed by atoms with Crippen LogP contribution in [0.4, 0.5) is 0 Å². The molecule has 122 valence electrons. The number of carbonyl (C=O) groups excluding carboxylic acids is 1. The highest BCUT2D eigenvalue weighted by molar-refractivity contribution is 5.77. The summed E-state index contributed by atoms with van der Waals surface area (Å²) in [7, 11) is 0. The topological polar surface area (TPSA) is 50.8 Å². The third kappa shape index (κ3) is 5.93. The first kappa shape index (κ1) is 16.7. The molecule has 0 saturated carbocycles. The van der Waals surface area contributed by atoms with E-state index in [1.165, 1.54) is 12.8 Å². The molecule has 0 aromatic rings. The number of nitrogens with zero attached hydrogens (tertiary/aromatic N) is 1. The van der Waals surface area contributed by atoms with Crippen LogP contribution in [0.15, 0.2) is 0 Å². The van der Waals surface area contributed by atoms with E-state index in [1.54, 1.807) is 0 Å². The molecule has 0 aromatic heterocycles. The Morgan fingerprint density at radius 2 is 2.24 bits per heavy atom. The zero-order valence-corrected chi connectivity index (χ0v) is 13.5. The molecule has 1 N–H and O–H groups in total. The molecule has 5 heteroatoms. The van der Waals surface area contributed by atoms with E-state index in [0.29, 0.717) is 18.6 Å². The van der Waals surface area contributed by atoms with Gasteiger partial charge in [0, 0.05) is 25.7 Å². The predicted octanol–water partition coefficient (Wildman–Crippen LogP) is 1.42. The fourth-order valence-corrected chi connectivity index (χ4v) is 3.18. The van der Waals surface area contributed by atoms with Crippen LogP contribution in [0.3, 0.4) is 0 Å². The summed E-state index contributed by atoms with van der Waals surface area (Å²) in [6.45, 7) is 9.03. The van der Waals surface area contributed by atoms with E-state index in [-0.39, 0.29) is 18.6 Å². The van der Waals surface area contributed by atoms with Gasteiger partial charge in [0.05, 0.1) is 12.7 Å². The summed E-state index contributed by atoms with van der Waals surface area (Å²) in [5, 5.41) is 3.01. The molecule has 0 aliphatic carbocycles. The Hall–Kier alpha value is -0.650. The number of nitrogens with one attached hydrogen (secondary N) is 1. The molecule has 0 spiro atoms. The summed E-state index contributed by atoms with van der Waals surface area (Å²) in [5.41, 5.74) is 0. The van der Waals surface area contributed by atoms with Crippen LogP contribution < -0.4 is 5.32 Å². The first-order valence-corrected chi connectivity index (χ1v) is 8.35. The molecule has 5 nitrogen and oxygen atoms in total. The van der Waals surface area contributed by atoms with Crippen LogP contribution in [-0.2, 0) is 14.3 Å². The second kappa shape index (κ2) is 8.71. The monoisotopic (exact) mass is 298 g/mol. The van der Waals surface area contributed by atoms with E-state index < -0.39 is 0 Å². The highest BCUT2D eigenvalue weighted by Crippen LogP contribution is 2.17. The van der Waals surface area contributed by atoms with Crippen LogP contribution in [0.2, 0.25) is 0 Å². The maximum atomic E-state index is 11.8. The van der Waals surface area contributed by atoms with Gasteiger partial charge < -0.3 is 14.8 Å². The molecular weight excluding hydrogens is 268 g/mol. The lowest BCUT2D eigenvalue weighted by Crippen LogP contribution is -2.42.